The molecule has 1 heterocycles. The number of benzene rings is 1. The molecule has 4 nitrogen and oxygen atoms in total. The zero-order chi connectivity index (χ0) is 14.2. The van der Waals surface area contributed by atoms with E-state index in [0.717, 1.165) is 10.1 Å². The second-order valence-corrected chi connectivity index (χ2v) is 4.96. The van der Waals surface area contributed by atoms with Gasteiger partial charge in [0.25, 0.3) is 5.56 Å². The Kier molecular flexibility index (Phi) is 3.83. The van der Waals surface area contributed by atoms with Crippen LogP contribution in [-0.2, 0) is 6.42 Å². The third-order valence-corrected chi connectivity index (χ3v) is 3.48. The number of nitrogens with zero attached hydrogens (tertiary/aromatic N) is 1. The van der Waals surface area contributed by atoms with Gasteiger partial charge in [-0.15, -0.1) is 0 Å². The molecule has 0 saturated heterocycles. The van der Waals surface area contributed by atoms with Crippen LogP contribution >= 0.6 is 23.2 Å². The molecule has 100 valence electrons. The first-order valence-electron chi connectivity index (χ1n) is 5.76. The second kappa shape index (κ2) is 5.23. The van der Waals surface area contributed by atoms with Crippen LogP contribution in [0.4, 0.5) is 0 Å². The number of aryl methyl sites for hydroxylation is 1. The van der Waals surface area contributed by atoms with Crippen molar-refractivity contribution in [1.29, 1.82) is 0 Å². The first kappa shape index (κ1) is 13.9. The molecule has 0 spiro atoms. The van der Waals surface area contributed by atoms with Gasteiger partial charge < -0.3 is 0 Å². The van der Waals surface area contributed by atoms with E-state index in [1.807, 2.05) is 13.0 Å². The fourth-order valence-electron chi connectivity index (χ4n) is 1.87. The summed E-state index contributed by atoms with van der Waals surface area (Å²) in [5.41, 5.74) is 0.584. The predicted octanol–water partition coefficient (Wildman–Crippen LogP) is 2.70. The highest BCUT2D eigenvalue weighted by Crippen LogP contribution is 2.20. The molecular weight excluding hydrogens is 287 g/mol. The van der Waals surface area contributed by atoms with Gasteiger partial charge in [0.05, 0.1) is 16.3 Å². The molecule has 1 N–H and O–H groups in total. The smallest absolute Gasteiger partial charge is 0.297 e. The molecule has 19 heavy (non-hydrogen) atoms. The Hall–Kier alpha value is -1.52. The number of halogens is 2. The summed E-state index contributed by atoms with van der Waals surface area (Å²) in [6.45, 7) is 3.65. The fraction of sp³-hybridized carbons (Fsp3) is 0.231. The van der Waals surface area contributed by atoms with Crippen LogP contribution in [0.3, 0.4) is 0 Å². The van der Waals surface area contributed by atoms with E-state index in [1.165, 1.54) is 0 Å². The van der Waals surface area contributed by atoms with Gasteiger partial charge in [-0.25, -0.2) is 9.36 Å². The standard InChI is InChI=1S/C13H12Cl2N2O2/c1-3-8-11(15)16-13(19)17(12(8)18)10-6-7(2)4-5-9(10)14/h4-6H,3H2,1-2H3,(H,16,19). The molecule has 0 amide bonds. The van der Waals surface area contributed by atoms with E-state index >= 15 is 0 Å². The summed E-state index contributed by atoms with van der Waals surface area (Å²) < 4.78 is 1.01. The molecule has 0 aliphatic rings. The van der Waals surface area contributed by atoms with Gasteiger partial charge in [0.1, 0.15) is 5.15 Å². The minimum atomic E-state index is -0.597. The Morgan fingerprint density at radius 2 is 1.95 bits per heavy atom. The molecule has 0 aliphatic heterocycles. The van der Waals surface area contributed by atoms with Crippen molar-refractivity contribution >= 4 is 23.2 Å². The Labute approximate surface area is 119 Å². The zero-order valence-corrected chi connectivity index (χ0v) is 12.0. The van der Waals surface area contributed by atoms with Crippen LogP contribution in [0, 0.1) is 6.92 Å². The normalized spacial score (nSPS) is 10.7. The lowest BCUT2D eigenvalue weighted by atomic mass is 10.2. The third kappa shape index (κ3) is 2.46. The van der Waals surface area contributed by atoms with Gasteiger partial charge in [0.2, 0.25) is 0 Å². The van der Waals surface area contributed by atoms with Crippen molar-refractivity contribution in [2.75, 3.05) is 0 Å². The maximum Gasteiger partial charge on any atom is 0.334 e. The monoisotopic (exact) mass is 298 g/mol. The van der Waals surface area contributed by atoms with Gasteiger partial charge in [-0.2, -0.15) is 0 Å². The number of aromatic amines is 1. The quantitative estimate of drug-likeness (QED) is 0.867. The molecule has 0 saturated carbocycles. The molecular formula is C13H12Cl2N2O2. The second-order valence-electron chi connectivity index (χ2n) is 4.17. The van der Waals surface area contributed by atoms with Crippen molar-refractivity contribution in [3.8, 4) is 5.69 Å². The van der Waals surface area contributed by atoms with Crippen LogP contribution in [0.1, 0.15) is 18.1 Å². The molecule has 0 atom stereocenters. The molecule has 0 unspecified atom stereocenters. The topological polar surface area (TPSA) is 54.9 Å². The van der Waals surface area contributed by atoms with E-state index < -0.39 is 11.2 Å². The number of hydrogen-bond acceptors (Lipinski definition) is 2. The Morgan fingerprint density at radius 3 is 2.58 bits per heavy atom. The minimum Gasteiger partial charge on any atom is -0.297 e. The number of rotatable bonds is 2. The van der Waals surface area contributed by atoms with E-state index in [4.69, 9.17) is 23.2 Å². The Morgan fingerprint density at radius 1 is 1.26 bits per heavy atom. The van der Waals surface area contributed by atoms with Crippen LogP contribution in [0.15, 0.2) is 27.8 Å². The van der Waals surface area contributed by atoms with Gasteiger partial charge in [0.15, 0.2) is 0 Å². The van der Waals surface area contributed by atoms with Crippen molar-refractivity contribution in [3.63, 3.8) is 0 Å². The van der Waals surface area contributed by atoms with Crippen molar-refractivity contribution in [2.45, 2.75) is 20.3 Å². The summed E-state index contributed by atoms with van der Waals surface area (Å²) in [5, 5.41) is 0.417. The average Bonchev–Trinajstić information content (AvgIpc) is 2.33. The summed E-state index contributed by atoms with van der Waals surface area (Å²) in [6, 6.07) is 5.15. The Bertz CT molecular complexity index is 747. The molecule has 1 aromatic carbocycles. The molecule has 2 rings (SSSR count). The molecule has 6 heteroatoms. The summed E-state index contributed by atoms with van der Waals surface area (Å²) in [6.07, 6.45) is 0.428. The van der Waals surface area contributed by atoms with E-state index in [9.17, 15) is 9.59 Å². The zero-order valence-electron chi connectivity index (χ0n) is 10.5. The minimum absolute atomic E-state index is 0.0810. The average molecular weight is 299 g/mol. The van der Waals surface area contributed by atoms with E-state index in [-0.39, 0.29) is 5.15 Å². The van der Waals surface area contributed by atoms with Crippen LogP contribution in [0.2, 0.25) is 10.2 Å². The van der Waals surface area contributed by atoms with Gasteiger partial charge in [-0.05, 0) is 31.0 Å². The SMILES string of the molecule is CCc1c(Cl)[nH]c(=O)n(-c2cc(C)ccc2Cl)c1=O. The lowest BCUT2D eigenvalue weighted by molar-refractivity contribution is 0.841. The van der Waals surface area contributed by atoms with Crippen LogP contribution in [-0.4, -0.2) is 9.55 Å². The lowest BCUT2D eigenvalue weighted by Crippen LogP contribution is -2.36. The first-order chi connectivity index (χ1) is 8.95. The van der Waals surface area contributed by atoms with E-state index in [2.05, 4.69) is 4.98 Å². The van der Waals surface area contributed by atoms with Crippen molar-refractivity contribution in [1.82, 2.24) is 9.55 Å². The maximum absolute atomic E-state index is 12.3. The van der Waals surface area contributed by atoms with Gasteiger partial charge in [-0.1, -0.05) is 36.2 Å². The Balaban J connectivity index is 2.87. The highest BCUT2D eigenvalue weighted by atomic mass is 35.5. The summed E-state index contributed by atoms with van der Waals surface area (Å²) in [7, 11) is 0. The number of H-pyrrole nitrogens is 1. The summed E-state index contributed by atoms with van der Waals surface area (Å²) in [4.78, 5) is 26.7. The number of hydrogen-bond donors (Lipinski definition) is 1. The molecule has 0 aliphatic carbocycles. The van der Waals surface area contributed by atoms with Crippen molar-refractivity contribution in [2.24, 2.45) is 0 Å². The maximum atomic E-state index is 12.3. The molecule has 2 aromatic rings. The van der Waals surface area contributed by atoms with Crippen molar-refractivity contribution < 1.29 is 0 Å². The van der Waals surface area contributed by atoms with Crippen LogP contribution in [0.25, 0.3) is 5.69 Å². The summed E-state index contributed by atoms with van der Waals surface area (Å²) >= 11 is 11.9. The lowest BCUT2D eigenvalue weighted by Gasteiger charge is -2.10. The van der Waals surface area contributed by atoms with Crippen molar-refractivity contribution in [3.05, 3.63) is 60.3 Å². The van der Waals surface area contributed by atoms with E-state index in [1.54, 1.807) is 19.1 Å². The predicted molar refractivity (Wildman–Crippen MR) is 76.8 cm³/mol. The molecule has 0 radical (unpaired) electrons. The molecule has 0 fully saturated rings. The van der Waals surface area contributed by atoms with Gasteiger partial charge >= 0.3 is 5.69 Å². The highest BCUT2D eigenvalue weighted by molar-refractivity contribution is 6.32. The van der Waals surface area contributed by atoms with Gasteiger partial charge in [-0.3, -0.25) is 9.78 Å². The van der Waals surface area contributed by atoms with E-state index in [0.29, 0.717) is 22.7 Å². The fourth-order valence-corrected chi connectivity index (χ4v) is 2.36. The number of nitrogens with one attached hydrogen (secondary N) is 1. The molecule has 0 bridgehead atoms. The largest absolute Gasteiger partial charge is 0.334 e. The third-order valence-electron chi connectivity index (χ3n) is 2.84. The first-order valence-corrected chi connectivity index (χ1v) is 6.51. The number of aromatic nitrogens is 2. The highest BCUT2D eigenvalue weighted by Gasteiger charge is 2.14. The summed E-state index contributed by atoms with van der Waals surface area (Å²) in [5.74, 6) is 0. The van der Waals surface area contributed by atoms with Gasteiger partial charge in [0, 0.05) is 0 Å². The van der Waals surface area contributed by atoms with Crippen LogP contribution < -0.4 is 11.2 Å². The van der Waals surface area contributed by atoms with Crippen LogP contribution in [0.5, 0.6) is 0 Å². The molecule has 1 aromatic heterocycles.